The molecule has 6 nitrogen and oxygen atoms in total. The molecule has 4 rings (SSSR count). The molecular formula is C16H24N6. The first-order valence-electron chi connectivity index (χ1n) is 8.43. The number of hydrogen-bond acceptors (Lipinski definition) is 5. The minimum absolute atomic E-state index is 0.550. The van der Waals surface area contributed by atoms with Gasteiger partial charge in [0.05, 0.1) is 0 Å². The number of fused-ring (bicyclic) bond motifs is 1. The van der Waals surface area contributed by atoms with Gasteiger partial charge in [-0.1, -0.05) is 6.42 Å². The monoisotopic (exact) mass is 300 g/mol. The maximum absolute atomic E-state index is 4.42. The van der Waals surface area contributed by atoms with Crippen molar-refractivity contribution in [3.8, 4) is 0 Å². The Morgan fingerprint density at radius 3 is 2.86 bits per heavy atom. The van der Waals surface area contributed by atoms with Crippen molar-refractivity contribution in [3.05, 3.63) is 24.2 Å². The first kappa shape index (κ1) is 14.0. The van der Waals surface area contributed by atoms with E-state index < -0.39 is 0 Å². The van der Waals surface area contributed by atoms with Crippen molar-refractivity contribution < 1.29 is 0 Å². The average Bonchev–Trinajstić information content (AvgIpc) is 2.99. The lowest BCUT2D eigenvalue weighted by Gasteiger charge is -2.29. The first-order valence-corrected chi connectivity index (χ1v) is 8.43. The lowest BCUT2D eigenvalue weighted by molar-refractivity contribution is 0.393. The fraction of sp³-hybridized carbons (Fsp3) is 0.625. The lowest BCUT2D eigenvalue weighted by atomic mass is 10.0. The Labute approximate surface area is 130 Å². The molecular weight excluding hydrogens is 276 g/mol. The van der Waals surface area contributed by atoms with E-state index in [-0.39, 0.29) is 0 Å². The van der Waals surface area contributed by atoms with Gasteiger partial charge in [-0.2, -0.15) is 0 Å². The van der Waals surface area contributed by atoms with E-state index in [1.165, 1.54) is 24.9 Å². The Bertz CT molecular complexity index is 625. The van der Waals surface area contributed by atoms with E-state index in [0.717, 1.165) is 50.6 Å². The molecule has 22 heavy (non-hydrogen) atoms. The van der Waals surface area contributed by atoms with Crippen LogP contribution in [0.15, 0.2) is 18.3 Å². The zero-order valence-electron chi connectivity index (χ0n) is 13.0. The molecule has 0 bridgehead atoms. The molecule has 2 N–H and O–H groups in total. The summed E-state index contributed by atoms with van der Waals surface area (Å²) in [6, 6.07) is 4.91. The van der Waals surface area contributed by atoms with Crippen molar-refractivity contribution in [1.82, 2.24) is 25.2 Å². The topological polar surface area (TPSA) is 57.5 Å². The second kappa shape index (κ2) is 6.22. The molecule has 4 heterocycles. The van der Waals surface area contributed by atoms with E-state index >= 15 is 0 Å². The van der Waals surface area contributed by atoms with E-state index in [0.29, 0.717) is 6.04 Å². The predicted octanol–water partition coefficient (Wildman–Crippen LogP) is 0.824. The van der Waals surface area contributed by atoms with Crippen LogP contribution in [0.2, 0.25) is 0 Å². The normalized spacial score (nSPS) is 23.1. The highest BCUT2D eigenvalue weighted by atomic mass is 15.3. The van der Waals surface area contributed by atoms with Gasteiger partial charge in [-0.25, -0.2) is 0 Å². The van der Waals surface area contributed by atoms with Gasteiger partial charge in [0.25, 0.3) is 0 Å². The number of anilines is 1. The standard InChI is InChI=1S/C16H24N6/c1-2-5-18-13(3-1)11-15-19-20-16-12-14(4-8-22(15)16)21-9-6-17-7-10-21/h4,8,12-13,17-18H,1-3,5-7,9-11H2. The van der Waals surface area contributed by atoms with Gasteiger partial charge in [-0.3, -0.25) is 4.40 Å². The Kier molecular flexibility index (Phi) is 3.95. The van der Waals surface area contributed by atoms with Gasteiger partial charge in [-0.15, -0.1) is 10.2 Å². The van der Waals surface area contributed by atoms with Gasteiger partial charge in [0.1, 0.15) is 5.82 Å². The minimum Gasteiger partial charge on any atom is -0.369 e. The highest BCUT2D eigenvalue weighted by Crippen LogP contribution is 2.19. The van der Waals surface area contributed by atoms with Crippen molar-refractivity contribution in [2.24, 2.45) is 0 Å². The molecule has 0 saturated carbocycles. The molecule has 1 unspecified atom stereocenters. The summed E-state index contributed by atoms with van der Waals surface area (Å²) in [6.45, 7) is 5.35. The molecule has 2 saturated heterocycles. The molecule has 2 aromatic rings. The zero-order chi connectivity index (χ0) is 14.8. The number of aromatic nitrogens is 3. The fourth-order valence-electron chi connectivity index (χ4n) is 3.51. The minimum atomic E-state index is 0.550. The Balaban J connectivity index is 1.54. The second-order valence-corrected chi connectivity index (χ2v) is 6.32. The summed E-state index contributed by atoms with van der Waals surface area (Å²) in [5.74, 6) is 1.07. The highest BCUT2D eigenvalue weighted by Gasteiger charge is 2.17. The molecule has 0 amide bonds. The molecule has 6 heteroatoms. The number of hydrogen-bond donors (Lipinski definition) is 2. The molecule has 0 aliphatic carbocycles. The number of piperidine rings is 1. The van der Waals surface area contributed by atoms with Gasteiger partial charge in [0.15, 0.2) is 5.65 Å². The molecule has 2 aliphatic rings. The van der Waals surface area contributed by atoms with E-state index in [4.69, 9.17) is 0 Å². The van der Waals surface area contributed by atoms with Gasteiger partial charge >= 0.3 is 0 Å². The van der Waals surface area contributed by atoms with Gasteiger partial charge in [0, 0.05) is 56.6 Å². The maximum atomic E-state index is 4.42. The Morgan fingerprint density at radius 2 is 2.05 bits per heavy atom. The number of pyridine rings is 1. The molecule has 2 aromatic heterocycles. The lowest BCUT2D eigenvalue weighted by Crippen LogP contribution is -2.43. The molecule has 0 radical (unpaired) electrons. The summed E-state index contributed by atoms with van der Waals surface area (Å²) in [5.41, 5.74) is 2.21. The summed E-state index contributed by atoms with van der Waals surface area (Å²) in [6.07, 6.45) is 6.96. The molecule has 0 spiro atoms. The van der Waals surface area contributed by atoms with E-state index in [1.807, 2.05) is 0 Å². The van der Waals surface area contributed by atoms with Crippen molar-refractivity contribution in [3.63, 3.8) is 0 Å². The van der Waals surface area contributed by atoms with Crippen molar-refractivity contribution in [2.45, 2.75) is 31.7 Å². The van der Waals surface area contributed by atoms with Gasteiger partial charge < -0.3 is 15.5 Å². The molecule has 118 valence electrons. The molecule has 2 aliphatic heterocycles. The van der Waals surface area contributed by atoms with Crippen LogP contribution in [-0.4, -0.2) is 53.4 Å². The van der Waals surface area contributed by atoms with Crippen LogP contribution in [0, 0.1) is 0 Å². The van der Waals surface area contributed by atoms with Crippen LogP contribution >= 0.6 is 0 Å². The third-order valence-corrected chi connectivity index (χ3v) is 4.79. The van der Waals surface area contributed by atoms with E-state index in [2.05, 4.69) is 48.5 Å². The average molecular weight is 300 g/mol. The van der Waals surface area contributed by atoms with Gasteiger partial charge in [0.2, 0.25) is 0 Å². The smallest absolute Gasteiger partial charge is 0.162 e. The van der Waals surface area contributed by atoms with Crippen LogP contribution in [0.1, 0.15) is 25.1 Å². The summed E-state index contributed by atoms with van der Waals surface area (Å²) >= 11 is 0. The Hall–Kier alpha value is -1.66. The zero-order valence-corrected chi connectivity index (χ0v) is 13.0. The first-order chi connectivity index (χ1) is 10.9. The Morgan fingerprint density at radius 1 is 1.14 bits per heavy atom. The van der Waals surface area contributed by atoms with Crippen LogP contribution in [-0.2, 0) is 6.42 Å². The predicted molar refractivity (Wildman–Crippen MR) is 87.4 cm³/mol. The summed E-state index contributed by atoms with van der Waals surface area (Å²) in [7, 11) is 0. The van der Waals surface area contributed by atoms with Crippen LogP contribution in [0.3, 0.4) is 0 Å². The van der Waals surface area contributed by atoms with Crippen molar-refractivity contribution in [1.29, 1.82) is 0 Å². The molecule has 2 fully saturated rings. The highest BCUT2D eigenvalue weighted by molar-refractivity contribution is 5.56. The van der Waals surface area contributed by atoms with E-state index in [9.17, 15) is 0 Å². The number of rotatable bonds is 3. The molecule has 1 atom stereocenters. The maximum Gasteiger partial charge on any atom is 0.162 e. The summed E-state index contributed by atoms with van der Waals surface area (Å²) in [5, 5.41) is 15.8. The number of nitrogens with one attached hydrogen (secondary N) is 2. The summed E-state index contributed by atoms with van der Waals surface area (Å²) < 4.78 is 2.14. The van der Waals surface area contributed by atoms with Crippen LogP contribution in [0.4, 0.5) is 5.69 Å². The largest absolute Gasteiger partial charge is 0.369 e. The number of nitrogens with zero attached hydrogens (tertiary/aromatic N) is 4. The number of piperazine rings is 1. The second-order valence-electron chi connectivity index (χ2n) is 6.32. The van der Waals surface area contributed by atoms with Crippen molar-refractivity contribution in [2.75, 3.05) is 37.6 Å². The van der Waals surface area contributed by atoms with Crippen LogP contribution < -0.4 is 15.5 Å². The fourth-order valence-corrected chi connectivity index (χ4v) is 3.51. The van der Waals surface area contributed by atoms with E-state index in [1.54, 1.807) is 0 Å². The summed E-state index contributed by atoms with van der Waals surface area (Å²) in [4.78, 5) is 2.41. The SMILES string of the molecule is c1cn2c(CC3CCCCN3)nnc2cc1N1CCNCC1. The van der Waals surface area contributed by atoms with Crippen LogP contribution in [0.5, 0.6) is 0 Å². The van der Waals surface area contributed by atoms with Crippen molar-refractivity contribution >= 4 is 11.3 Å². The quantitative estimate of drug-likeness (QED) is 0.879. The molecule has 0 aromatic carbocycles. The van der Waals surface area contributed by atoms with Crippen LogP contribution in [0.25, 0.3) is 5.65 Å². The van der Waals surface area contributed by atoms with Gasteiger partial charge in [-0.05, 0) is 25.5 Å². The third kappa shape index (κ3) is 2.80. The third-order valence-electron chi connectivity index (χ3n) is 4.79.